The second-order valence-electron chi connectivity index (χ2n) is 5.46. The molecule has 5 heteroatoms. The normalized spacial score (nSPS) is 19.8. The highest BCUT2D eigenvalue weighted by atomic mass is 79.9. The molecule has 1 aromatic carbocycles. The molecular formula is C16H17BrN2O2. The predicted molar refractivity (Wildman–Crippen MR) is 85.1 cm³/mol. The molecule has 1 aliphatic rings. The summed E-state index contributed by atoms with van der Waals surface area (Å²) in [5, 5.41) is 10.5. The molecule has 1 aromatic heterocycles. The molecular weight excluding hydrogens is 332 g/mol. The van der Waals surface area contributed by atoms with Gasteiger partial charge in [0.1, 0.15) is 6.04 Å². The highest BCUT2D eigenvalue weighted by Crippen LogP contribution is 2.26. The van der Waals surface area contributed by atoms with Gasteiger partial charge in [-0.1, -0.05) is 28.4 Å². The second-order valence-corrected chi connectivity index (χ2v) is 6.38. The van der Waals surface area contributed by atoms with E-state index >= 15 is 0 Å². The summed E-state index contributed by atoms with van der Waals surface area (Å²) in [4.78, 5) is 17.9. The topological polar surface area (TPSA) is 53.4 Å². The van der Waals surface area contributed by atoms with Gasteiger partial charge in [-0.15, -0.1) is 0 Å². The van der Waals surface area contributed by atoms with Crippen molar-refractivity contribution in [3.05, 3.63) is 40.5 Å². The molecule has 1 unspecified atom stereocenters. The molecule has 0 amide bonds. The molecule has 1 saturated heterocycles. The minimum Gasteiger partial charge on any atom is -0.480 e. The number of hydrogen-bond donors (Lipinski definition) is 1. The van der Waals surface area contributed by atoms with Gasteiger partial charge in [-0.3, -0.25) is 14.7 Å². The molecule has 1 atom stereocenters. The molecule has 2 aromatic rings. The van der Waals surface area contributed by atoms with Crippen LogP contribution in [0.25, 0.3) is 10.9 Å². The lowest BCUT2D eigenvalue weighted by atomic mass is 10.0. The van der Waals surface area contributed by atoms with Crippen molar-refractivity contribution >= 4 is 32.8 Å². The van der Waals surface area contributed by atoms with Crippen molar-refractivity contribution in [3.8, 4) is 0 Å². The lowest BCUT2D eigenvalue weighted by molar-refractivity contribution is -0.144. The number of aromatic nitrogens is 1. The van der Waals surface area contributed by atoms with E-state index in [-0.39, 0.29) is 6.04 Å². The predicted octanol–water partition coefficient (Wildman–Crippen LogP) is 3.44. The van der Waals surface area contributed by atoms with Gasteiger partial charge in [0.15, 0.2) is 0 Å². The molecule has 1 aliphatic heterocycles. The lowest BCUT2D eigenvalue weighted by Gasteiger charge is -2.33. The summed E-state index contributed by atoms with van der Waals surface area (Å²) in [5.74, 6) is -0.720. The SMILES string of the molecule is O=C(O)C1CCCCN1Cc1cc(Br)cc2cccnc12. The summed E-state index contributed by atoms with van der Waals surface area (Å²) in [7, 11) is 0. The molecule has 1 fully saturated rings. The Hall–Kier alpha value is -1.46. The zero-order chi connectivity index (χ0) is 14.8. The summed E-state index contributed by atoms with van der Waals surface area (Å²) in [6.45, 7) is 1.46. The van der Waals surface area contributed by atoms with E-state index in [4.69, 9.17) is 0 Å². The summed E-state index contributed by atoms with van der Waals surface area (Å²) in [5.41, 5.74) is 2.03. The lowest BCUT2D eigenvalue weighted by Crippen LogP contribution is -2.44. The number of halogens is 1. The zero-order valence-electron chi connectivity index (χ0n) is 11.6. The summed E-state index contributed by atoms with van der Waals surface area (Å²) < 4.78 is 1.00. The number of likely N-dealkylation sites (tertiary alicyclic amines) is 1. The summed E-state index contributed by atoms with van der Waals surface area (Å²) in [6, 6.07) is 7.65. The molecule has 0 radical (unpaired) electrons. The van der Waals surface area contributed by atoms with Crippen LogP contribution in [0.3, 0.4) is 0 Å². The fourth-order valence-corrected chi connectivity index (χ4v) is 3.55. The van der Waals surface area contributed by atoms with Crippen LogP contribution in [-0.2, 0) is 11.3 Å². The Kier molecular flexibility index (Phi) is 4.22. The quantitative estimate of drug-likeness (QED) is 0.922. The van der Waals surface area contributed by atoms with Crippen LogP contribution < -0.4 is 0 Å². The maximum atomic E-state index is 11.4. The monoisotopic (exact) mass is 348 g/mol. The van der Waals surface area contributed by atoms with Crippen LogP contribution in [0.2, 0.25) is 0 Å². The van der Waals surface area contributed by atoms with Gasteiger partial charge in [-0.25, -0.2) is 0 Å². The second kappa shape index (κ2) is 6.12. The van der Waals surface area contributed by atoms with Crippen molar-refractivity contribution in [1.29, 1.82) is 0 Å². The first-order valence-electron chi connectivity index (χ1n) is 7.15. The minimum absolute atomic E-state index is 0.378. The average molecular weight is 349 g/mol. The standard InChI is InChI=1S/C16H17BrN2O2/c17-13-8-11-4-3-6-18-15(11)12(9-13)10-19-7-2-1-5-14(19)16(20)21/h3-4,6,8-9,14H,1-2,5,7,10H2,(H,20,21). The van der Waals surface area contributed by atoms with Gasteiger partial charge in [0.2, 0.25) is 0 Å². The molecule has 0 spiro atoms. The number of nitrogens with zero attached hydrogens (tertiary/aromatic N) is 2. The van der Waals surface area contributed by atoms with Gasteiger partial charge in [-0.05, 0) is 43.1 Å². The largest absolute Gasteiger partial charge is 0.480 e. The van der Waals surface area contributed by atoms with Crippen molar-refractivity contribution < 1.29 is 9.90 Å². The third-order valence-corrected chi connectivity index (χ3v) is 4.48. The molecule has 110 valence electrons. The van der Waals surface area contributed by atoms with Gasteiger partial charge >= 0.3 is 5.97 Å². The molecule has 4 nitrogen and oxygen atoms in total. The van der Waals surface area contributed by atoms with E-state index in [0.717, 1.165) is 46.7 Å². The Morgan fingerprint density at radius 2 is 2.29 bits per heavy atom. The van der Waals surface area contributed by atoms with Crippen LogP contribution >= 0.6 is 15.9 Å². The van der Waals surface area contributed by atoms with E-state index in [2.05, 4.69) is 25.8 Å². The number of benzene rings is 1. The Balaban J connectivity index is 1.95. The molecule has 21 heavy (non-hydrogen) atoms. The van der Waals surface area contributed by atoms with Crippen LogP contribution in [0.1, 0.15) is 24.8 Å². The number of carboxylic acid groups (broad SMARTS) is 1. The minimum atomic E-state index is -0.720. The molecule has 3 rings (SSSR count). The fraction of sp³-hybridized carbons (Fsp3) is 0.375. The Bertz CT molecular complexity index is 674. The van der Waals surface area contributed by atoms with Crippen molar-refractivity contribution in [2.24, 2.45) is 0 Å². The smallest absolute Gasteiger partial charge is 0.320 e. The molecule has 0 bridgehead atoms. The van der Waals surface area contributed by atoms with Crippen LogP contribution in [-0.4, -0.2) is 33.5 Å². The first-order chi connectivity index (χ1) is 10.1. The number of fused-ring (bicyclic) bond motifs is 1. The molecule has 1 N–H and O–H groups in total. The van der Waals surface area contributed by atoms with E-state index in [1.54, 1.807) is 6.20 Å². The average Bonchev–Trinajstić information content (AvgIpc) is 2.47. The van der Waals surface area contributed by atoms with Gasteiger partial charge < -0.3 is 5.11 Å². The number of carbonyl (C=O) groups is 1. The van der Waals surface area contributed by atoms with E-state index in [0.29, 0.717) is 6.54 Å². The van der Waals surface area contributed by atoms with E-state index < -0.39 is 5.97 Å². The van der Waals surface area contributed by atoms with E-state index in [1.807, 2.05) is 24.3 Å². The van der Waals surface area contributed by atoms with Crippen molar-refractivity contribution in [3.63, 3.8) is 0 Å². The first kappa shape index (κ1) is 14.5. The number of hydrogen-bond acceptors (Lipinski definition) is 3. The van der Waals surface area contributed by atoms with Gasteiger partial charge in [0.05, 0.1) is 5.52 Å². The third-order valence-electron chi connectivity index (χ3n) is 4.02. The van der Waals surface area contributed by atoms with Crippen LogP contribution in [0, 0.1) is 0 Å². The van der Waals surface area contributed by atoms with Gasteiger partial charge in [-0.2, -0.15) is 0 Å². The fourth-order valence-electron chi connectivity index (χ4n) is 3.03. The van der Waals surface area contributed by atoms with Crippen molar-refractivity contribution in [1.82, 2.24) is 9.88 Å². The Labute approximate surface area is 131 Å². The number of rotatable bonds is 3. The van der Waals surface area contributed by atoms with Crippen LogP contribution in [0.15, 0.2) is 34.9 Å². The van der Waals surface area contributed by atoms with E-state index in [1.165, 1.54) is 0 Å². The van der Waals surface area contributed by atoms with Crippen molar-refractivity contribution in [2.75, 3.05) is 6.54 Å². The number of piperidine rings is 1. The number of pyridine rings is 1. The molecule has 0 saturated carbocycles. The Morgan fingerprint density at radius 3 is 3.10 bits per heavy atom. The van der Waals surface area contributed by atoms with E-state index in [9.17, 15) is 9.90 Å². The first-order valence-corrected chi connectivity index (χ1v) is 7.94. The highest BCUT2D eigenvalue weighted by molar-refractivity contribution is 9.10. The summed E-state index contributed by atoms with van der Waals surface area (Å²) >= 11 is 3.53. The molecule has 0 aliphatic carbocycles. The van der Waals surface area contributed by atoms with Gasteiger partial charge in [0.25, 0.3) is 0 Å². The van der Waals surface area contributed by atoms with Gasteiger partial charge in [0, 0.05) is 22.6 Å². The van der Waals surface area contributed by atoms with Crippen LogP contribution in [0.4, 0.5) is 0 Å². The summed E-state index contributed by atoms with van der Waals surface area (Å²) in [6.07, 6.45) is 4.56. The Morgan fingerprint density at radius 1 is 1.43 bits per heavy atom. The van der Waals surface area contributed by atoms with Crippen molar-refractivity contribution in [2.45, 2.75) is 31.8 Å². The highest BCUT2D eigenvalue weighted by Gasteiger charge is 2.28. The number of carboxylic acids is 1. The number of aliphatic carboxylic acids is 1. The maximum absolute atomic E-state index is 11.4. The molecule has 2 heterocycles. The third kappa shape index (κ3) is 3.09. The zero-order valence-corrected chi connectivity index (χ0v) is 13.2. The maximum Gasteiger partial charge on any atom is 0.320 e. The van der Waals surface area contributed by atoms with Crippen LogP contribution in [0.5, 0.6) is 0 Å².